The fourth-order valence-electron chi connectivity index (χ4n) is 5.30. The predicted molar refractivity (Wildman–Crippen MR) is 126 cm³/mol. The fourth-order valence-corrected chi connectivity index (χ4v) is 5.30. The Kier molecular flexibility index (Phi) is 9.30. The molecule has 1 spiro atoms. The van der Waals surface area contributed by atoms with Crippen molar-refractivity contribution in [1.82, 2.24) is 5.32 Å². The van der Waals surface area contributed by atoms with E-state index in [2.05, 4.69) is 35.6 Å². The summed E-state index contributed by atoms with van der Waals surface area (Å²) in [4.78, 5) is 8.90. The Morgan fingerprint density at radius 3 is 2.20 bits per heavy atom. The number of hydrogen-bond acceptors (Lipinski definition) is 3. The van der Waals surface area contributed by atoms with E-state index >= 15 is 0 Å². The highest BCUT2D eigenvalue weighted by Gasteiger charge is 2.46. The number of nitrogens with one attached hydrogen (secondary N) is 1. The first kappa shape index (κ1) is 27.1. The standard InChI is InChI=1S/C25H32FNO.C2HF3O2/c26-23-11-9-22(10-12-23)24(15-17-27-19-21-7-3-1-4-8-21)16-18-28-25(20-24)13-5-2-6-14-25;3-2(4,5)1(6)7/h1,3-4,7-12,27H,2,5-6,13-20H2;(H,6,7). The molecule has 1 atom stereocenters. The van der Waals surface area contributed by atoms with Gasteiger partial charge in [-0.05, 0) is 61.9 Å². The lowest BCUT2D eigenvalue weighted by atomic mass is 9.63. The van der Waals surface area contributed by atoms with E-state index in [1.165, 1.54) is 43.2 Å². The van der Waals surface area contributed by atoms with E-state index in [1.54, 1.807) is 12.1 Å². The summed E-state index contributed by atoms with van der Waals surface area (Å²) in [7, 11) is 0. The second-order valence-electron chi connectivity index (χ2n) is 9.52. The number of ether oxygens (including phenoxy) is 1. The van der Waals surface area contributed by atoms with Crippen molar-refractivity contribution in [3.8, 4) is 0 Å². The van der Waals surface area contributed by atoms with Crippen molar-refractivity contribution in [1.29, 1.82) is 0 Å². The van der Waals surface area contributed by atoms with E-state index in [9.17, 15) is 17.6 Å². The van der Waals surface area contributed by atoms with Crippen LogP contribution in [0.4, 0.5) is 17.6 Å². The highest BCUT2D eigenvalue weighted by atomic mass is 19.4. The molecule has 2 aromatic rings. The van der Waals surface area contributed by atoms with Crippen LogP contribution in [0.1, 0.15) is 62.5 Å². The molecule has 1 saturated heterocycles. The van der Waals surface area contributed by atoms with Gasteiger partial charge in [0.1, 0.15) is 5.82 Å². The number of carbonyl (C=O) groups is 1. The molecule has 192 valence electrons. The third kappa shape index (κ3) is 7.77. The van der Waals surface area contributed by atoms with Gasteiger partial charge < -0.3 is 15.2 Å². The van der Waals surface area contributed by atoms with Crippen molar-refractivity contribution in [2.45, 2.75) is 75.1 Å². The molecule has 35 heavy (non-hydrogen) atoms. The third-order valence-electron chi connectivity index (χ3n) is 7.07. The predicted octanol–water partition coefficient (Wildman–Crippen LogP) is 6.39. The average molecular weight is 496 g/mol. The average Bonchev–Trinajstić information content (AvgIpc) is 2.83. The van der Waals surface area contributed by atoms with Crippen molar-refractivity contribution in [3.05, 3.63) is 71.5 Å². The lowest BCUT2D eigenvalue weighted by molar-refractivity contribution is -0.192. The van der Waals surface area contributed by atoms with Gasteiger partial charge >= 0.3 is 12.1 Å². The zero-order chi connectivity index (χ0) is 25.4. The number of aliphatic carboxylic acids is 1. The molecule has 1 aliphatic heterocycles. The summed E-state index contributed by atoms with van der Waals surface area (Å²) in [5.74, 6) is -2.91. The summed E-state index contributed by atoms with van der Waals surface area (Å²) in [5.41, 5.74) is 2.70. The maximum Gasteiger partial charge on any atom is 0.490 e. The summed E-state index contributed by atoms with van der Waals surface area (Å²) in [5, 5.41) is 10.8. The first-order valence-corrected chi connectivity index (χ1v) is 12.1. The van der Waals surface area contributed by atoms with E-state index in [0.717, 1.165) is 39.0 Å². The molecule has 4 nitrogen and oxygen atoms in total. The van der Waals surface area contributed by atoms with Crippen molar-refractivity contribution < 1.29 is 32.2 Å². The smallest absolute Gasteiger partial charge is 0.475 e. The summed E-state index contributed by atoms with van der Waals surface area (Å²) in [6, 6.07) is 17.8. The number of alkyl halides is 3. The Labute approximate surface area is 203 Å². The van der Waals surface area contributed by atoms with Gasteiger partial charge in [-0.1, -0.05) is 61.7 Å². The number of carboxylic acid groups (broad SMARTS) is 1. The van der Waals surface area contributed by atoms with Gasteiger partial charge in [0.15, 0.2) is 0 Å². The highest BCUT2D eigenvalue weighted by molar-refractivity contribution is 5.73. The van der Waals surface area contributed by atoms with Crippen LogP contribution in [0.15, 0.2) is 54.6 Å². The van der Waals surface area contributed by atoms with Crippen molar-refractivity contribution in [3.63, 3.8) is 0 Å². The van der Waals surface area contributed by atoms with Crippen LogP contribution in [0.2, 0.25) is 0 Å². The Balaban J connectivity index is 0.000000429. The molecule has 0 radical (unpaired) electrons. The highest BCUT2D eigenvalue weighted by Crippen LogP contribution is 2.49. The number of rotatable bonds is 6. The van der Waals surface area contributed by atoms with Gasteiger partial charge in [-0.25, -0.2) is 9.18 Å². The van der Waals surface area contributed by atoms with Gasteiger partial charge in [0.2, 0.25) is 0 Å². The summed E-state index contributed by atoms with van der Waals surface area (Å²) >= 11 is 0. The van der Waals surface area contributed by atoms with Crippen molar-refractivity contribution >= 4 is 5.97 Å². The molecular weight excluding hydrogens is 462 g/mol. The Bertz CT molecular complexity index is 922. The fraction of sp³-hybridized carbons (Fsp3) is 0.519. The summed E-state index contributed by atoms with van der Waals surface area (Å²) in [6.07, 6.45) is 4.29. The van der Waals surface area contributed by atoms with Gasteiger partial charge in [0.05, 0.1) is 5.60 Å². The van der Waals surface area contributed by atoms with Crippen LogP contribution in [0.3, 0.4) is 0 Å². The van der Waals surface area contributed by atoms with Crippen LogP contribution in [0.25, 0.3) is 0 Å². The lowest BCUT2D eigenvalue weighted by Gasteiger charge is -2.50. The minimum absolute atomic E-state index is 0.0321. The Morgan fingerprint density at radius 1 is 0.971 bits per heavy atom. The number of benzene rings is 2. The first-order valence-electron chi connectivity index (χ1n) is 12.1. The molecule has 1 unspecified atom stereocenters. The minimum atomic E-state index is -5.08. The molecule has 0 aromatic heterocycles. The third-order valence-corrected chi connectivity index (χ3v) is 7.07. The van der Waals surface area contributed by atoms with E-state index in [4.69, 9.17) is 14.6 Å². The van der Waals surface area contributed by atoms with Gasteiger partial charge in [-0.3, -0.25) is 0 Å². The van der Waals surface area contributed by atoms with E-state index < -0.39 is 12.1 Å². The van der Waals surface area contributed by atoms with Crippen LogP contribution in [-0.2, 0) is 21.5 Å². The molecular formula is C27H33F4NO3. The van der Waals surface area contributed by atoms with Gasteiger partial charge in [0.25, 0.3) is 0 Å². The maximum atomic E-state index is 13.6. The van der Waals surface area contributed by atoms with Crippen LogP contribution < -0.4 is 5.32 Å². The van der Waals surface area contributed by atoms with Crippen LogP contribution in [0.5, 0.6) is 0 Å². The number of carboxylic acids is 1. The Hall–Kier alpha value is -2.45. The summed E-state index contributed by atoms with van der Waals surface area (Å²) in [6.45, 7) is 2.67. The molecule has 2 N–H and O–H groups in total. The Morgan fingerprint density at radius 2 is 1.60 bits per heavy atom. The zero-order valence-corrected chi connectivity index (χ0v) is 19.7. The lowest BCUT2D eigenvalue weighted by Crippen LogP contribution is -2.49. The molecule has 1 heterocycles. The molecule has 8 heteroatoms. The minimum Gasteiger partial charge on any atom is -0.475 e. The molecule has 0 amide bonds. The van der Waals surface area contributed by atoms with E-state index in [-0.39, 0.29) is 16.8 Å². The number of halogens is 4. The molecule has 0 bridgehead atoms. The van der Waals surface area contributed by atoms with Gasteiger partial charge in [-0.15, -0.1) is 0 Å². The van der Waals surface area contributed by atoms with Crippen LogP contribution >= 0.6 is 0 Å². The van der Waals surface area contributed by atoms with Crippen LogP contribution in [0, 0.1) is 5.82 Å². The number of hydrogen-bond donors (Lipinski definition) is 2. The van der Waals surface area contributed by atoms with Crippen molar-refractivity contribution in [2.75, 3.05) is 13.2 Å². The monoisotopic (exact) mass is 495 g/mol. The topological polar surface area (TPSA) is 58.6 Å². The molecule has 2 aliphatic rings. The molecule has 4 rings (SSSR count). The summed E-state index contributed by atoms with van der Waals surface area (Å²) < 4.78 is 51.7. The maximum absolute atomic E-state index is 13.6. The first-order chi connectivity index (χ1) is 16.6. The van der Waals surface area contributed by atoms with Crippen molar-refractivity contribution in [2.24, 2.45) is 0 Å². The zero-order valence-electron chi connectivity index (χ0n) is 19.7. The largest absolute Gasteiger partial charge is 0.490 e. The quantitative estimate of drug-likeness (QED) is 0.360. The molecule has 2 aromatic carbocycles. The van der Waals surface area contributed by atoms with Crippen LogP contribution in [-0.4, -0.2) is 36.0 Å². The molecule has 1 saturated carbocycles. The van der Waals surface area contributed by atoms with Gasteiger partial charge in [-0.2, -0.15) is 13.2 Å². The second kappa shape index (κ2) is 12.0. The molecule has 1 aliphatic carbocycles. The normalized spacial score (nSPS) is 21.7. The van der Waals surface area contributed by atoms with E-state index in [1.807, 2.05) is 12.1 Å². The second-order valence-corrected chi connectivity index (χ2v) is 9.52. The van der Waals surface area contributed by atoms with Gasteiger partial charge in [0, 0.05) is 18.6 Å². The SMILES string of the molecule is Fc1ccc(C2(CCNCc3ccccc3)CCOC3(CCCCC3)C2)cc1.O=C(O)C(F)(F)F. The van der Waals surface area contributed by atoms with E-state index in [0.29, 0.717) is 0 Å². The molecule has 2 fully saturated rings.